The van der Waals surface area contributed by atoms with E-state index in [2.05, 4.69) is 5.32 Å². The summed E-state index contributed by atoms with van der Waals surface area (Å²) in [7, 11) is 0. The predicted octanol–water partition coefficient (Wildman–Crippen LogP) is 5.19. The molecule has 1 unspecified atom stereocenters. The standard InChI is InChI=1S/C22H21NO3/c1-16-10-6-8-14-20(16)25-17(2)22(24)23-19-13-7-9-15-21(19)26-18-11-4-3-5-12-18/h3-15,17H,1-2H3,(H,23,24). The summed E-state index contributed by atoms with van der Waals surface area (Å²) in [5, 5.41) is 2.88. The number of para-hydroxylation sites is 4. The molecule has 0 bridgehead atoms. The average molecular weight is 347 g/mol. The SMILES string of the molecule is Cc1ccccc1OC(C)C(=O)Nc1ccccc1Oc1ccccc1. The second-order valence-electron chi connectivity index (χ2n) is 5.93. The van der Waals surface area contributed by atoms with Gasteiger partial charge in [0.05, 0.1) is 5.69 Å². The first-order valence-corrected chi connectivity index (χ1v) is 8.48. The van der Waals surface area contributed by atoms with Crippen LogP contribution in [-0.4, -0.2) is 12.0 Å². The van der Waals surface area contributed by atoms with Crippen LogP contribution in [0.3, 0.4) is 0 Å². The molecule has 132 valence electrons. The van der Waals surface area contributed by atoms with Crippen LogP contribution in [0, 0.1) is 6.92 Å². The van der Waals surface area contributed by atoms with E-state index in [1.807, 2.05) is 79.7 Å². The fourth-order valence-corrected chi connectivity index (χ4v) is 2.44. The largest absolute Gasteiger partial charge is 0.481 e. The van der Waals surface area contributed by atoms with Gasteiger partial charge in [0, 0.05) is 0 Å². The molecule has 4 heteroatoms. The second-order valence-corrected chi connectivity index (χ2v) is 5.93. The number of nitrogens with one attached hydrogen (secondary N) is 1. The number of rotatable bonds is 6. The molecule has 0 saturated carbocycles. The lowest BCUT2D eigenvalue weighted by atomic mass is 10.2. The van der Waals surface area contributed by atoms with Gasteiger partial charge in [-0.2, -0.15) is 0 Å². The fourth-order valence-electron chi connectivity index (χ4n) is 2.44. The van der Waals surface area contributed by atoms with E-state index in [1.54, 1.807) is 13.0 Å². The number of carbonyl (C=O) groups is 1. The molecule has 1 atom stereocenters. The molecule has 0 aliphatic heterocycles. The maximum absolute atomic E-state index is 12.5. The molecule has 3 aromatic carbocycles. The molecule has 1 N–H and O–H groups in total. The van der Waals surface area contributed by atoms with Crippen molar-refractivity contribution in [2.75, 3.05) is 5.32 Å². The molecular weight excluding hydrogens is 326 g/mol. The van der Waals surface area contributed by atoms with Crippen LogP contribution >= 0.6 is 0 Å². The predicted molar refractivity (Wildman–Crippen MR) is 103 cm³/mol. The first-order chi connectivity index (χ1) is 12.6. The van der Waals surface area contributed by atoms with E-state index in [-0.39, 0.29) is 5.91 Å². The molecule has 0 radical (unpaired) electrons. The molecule has 4 nitrogen and oxygen atoms in total. The molecule has 0 spiro atoms. The van der Waals surface area contributed by atoms with Gasteiger partial charge in [-0.05, 0) is 49.7 Å². The molecule has 3 aromatic rings. The number of ether oxygens (including phenoxy) is 2. The molecule has 0 fully saturated rings. The van der Waals surface area contributed by atoms with Gasteiger partial charge in [0.15, 0.2) is 11.9 Å². The van der Waals surface area contributed by atoms with Crippen molar-refractivity contribution >= 4 is 11.6 Å². The normalized spacial score (nSPS) is 11.5. The van der Waals surface area contributed by atoms with Crippen LogP contribution in [0.2, 0.25) is 0 Å². The highest BCUT2D eigenvalue weighted by Crippen LogP contribution is 2.29. The maximum Gasteiger partial charge on any atom is 0.265 e. The van der Waals surface area contributed by atoms with Gasteiger partial charge in [-0.3, -0.25) is 4.79 Å². The number of aryl methyl sites for hydroxylation is 1. The molecule has 0 saturated heterocycles. The lowest BCUT2D eigenvalue weighted by Gasteiger charge is -2.17. The Balaban J connectivity index is 1.70. The Labute approximate surface area is 153 Å². The first kappa shape index (κ1) is 17.5. The number of anilines is 1. The van der Waals surface area contributed by atoms with Crippen LogP contribution in [0.4, 0.5) is 5.69 Å². The van der Waals surface area contributed by atoms with Crippen LogP contribution in [0.1, 0.15) is 12.5 Å². The summed E-state index contributed by atoms with van der Waals surface area (Å²) >= 11 is 0. The van der Waals surface area contributed by atoms with E-state index in [1.165, 1.54) is 0 Å². The number of hydrogen-bond donors (Lipinski definition) is 1. The Morgan fingerprint density at radius 3 is 2.19 bits per heavy atom. The molecule has 1 amide bonds. The zero-order valence-corrected chi connectivity index (χ0v) is 14.8. The van der Waals surface area contributed by atoms with Gasteiger partial charge >= 0.3 is 0 Å². The zero-order chi connectivity index (χ0) is 18.4. The molecule has 0 heterocycles. The van der Waals surface area contributed by atoms with Crippen LogP contribution < -0.4 is 14.8 Å². The van der Waals surface area contributed by atoms with Crippen molar-refractivity contribution < 1.29 is 14.3 Å². The summed E-state index contributed by atoms with van der Waals surface area (Å²) in [6.45, 7) is 3.67. The fraction of sp³-hybridized carbons (Fsp3) is 0.136. The lowest BCUT2D eigenvalue weighted by molar-refractivity contribution is -0.122. The molecule has 0 aliphatic carbocycles. The minimum Gasteiger partial charge on any atom is -0.481 e. The van der Waals surface area contributed by atoms with Gasteiger partial charge in [0.2, 0.25) is 0 Å². The van der Waals surface area contributed by atoms with Gasteiger partial charge in [-0.1, -0.05) is 48.5 Å². The Kier molecular flexibility index (Phi) is 5.54. The molecular formula is C22H21NO3. The van der Waals surface area contributed by atoms with E-state index in [0.717, 1.165) is 5.56 Å². The van der Waals surface area contributed by atoms with Crippen LogP contribution in [0.25, 0.3) is 0 Å². The summed E-state index contributed by atoms with van der Waals surface area (Å²) in [6.07, 6.45) is -0.638. The van der Waals surface area contributed by atoms with Crippen molar-refractivity contribution in [1.82, 2.24) is 0 Å². The average Bonchev–Trinajstić information content (AvgIpc) is 2.66. The summed E-state index contributed by atoms with van der Waals surface area (Å²) in [6, 6.07) is 24.4. The number of hydrogen-bond acceptors (Lipinski definition) is 3. The monoisotopic (exact) mass is 347 g/mol. The number of amides is 1. The van der Waals surface area contributed by atoms with Gasteiger partial charge in [0.25, 0.3) is 5.91 Å². The summed E-state index contributed by atoms with van der Waals surface area (Å²) in [5.74, 6) is 1.75. The molecule has 0 aliphatic rings. The van der Waals surface area contributed by atoms with E-state index >= 15 is 0 Å². The highest BCUT2D eigenvalue weighted by Gasteiger charge is 2.17. The van der Waals surface area contributed by atoms with E-state index < -0.39 is 6.10 Å². The highest BCUT2D eigenvalue weighted by molar-refractivity contribution is 5.95. The zero-order valence-electron chi connectivity index (χ0n) is 14.8. The van der Waals surface area contributed by atoms with Gasteiger partial charge in [-0.15, -0.1) is 0 Å². The minimum absolute atomic E-state index is 0.239. The molecule has 3 rings (SSSR count). The molecule has 26 heavy (non-hydrogen) atoms. The van der Waals surface area contributed by atoms with Crippen LogP contribution in [0.5, 0.6) is 17.2 Å². The summed E-state index contributed by atoms with van der Waals surface area (Å²) < 4.78 is 11.7. The molecule has 0 aromatic heterocycles. The summed E-state index contributed by atoms with van der Waals surface area (Å²) in [5.41, 5.74) is 1.58. The Morgan fingerprint density at radius 1 is 0.846 bits per heavy atom. The number of benzene rings is 3. The topological polar surface area (TPSA) is 47.6 Å². The van der Waals surface area contributed by atoms with Gasteiger partial charge in [-0.25, -0.2) is 0 Å². The van der Waals surface area contributed by atoms with Crippen molar-refractivity contribution in [3.8, 4) is 17.2 Å². The van der Waals surface area contributed by atoms with Crippen molar-refractivity contribution in [3.05, 3.63) is 84.4 Å². The Bertz CT molecular complexity index is 877. The van der Waals surface area contributed by atoms with Crippen molar-refractivity contribution in [2.45, 2.75) is 20.0 Å². The third kappa shape index (κ3) is 4.42. The van der Waals surface area contributed by atoms with Crippen LogP contribution in [-0.2, 0) is 4.79 Å². The Hall–Kier alpha value is -3.27. The first-order valence-electron chi connectivity index (χ1n) is 8.48. The quantitative estimate of drug-likeness (QED) is 0.667. The van der Waals surface area contributed by atoms with E-state index in [4.69, 9.17) is 9.47 Å². The third-order valence-electron chi connectivity index (χ3n) is 3.88. The lowest BCUT2D eigenvalue weighted by Crippen LogP contribution is -2.30. The highest BCUT2D eigenvalue weighted by atomic mass is 16.5. The van der Waals surface area contributed by atoms with Crippen molar-refractivity contribution in [3.63, 3.8) is 0 Å². The smallest absolute Gasteiger partial charge is 0.265 e. The number of carbonyl (C=O) groups excluding carboxylic acids is 1. The van der Waals surface area contributed by atoms with Crippen LogP contribution in [0.15, 0.2) is 78.9 Å². The van der Waals surface area contributed by atoms with Gasteiger partial charge < -0.3 is 14.8 Å². The minimum atomic E-state index is -0.638. The van der Waals surface area contributed by atoms with Crippen molar-refractivity contribution in [1.29, 1.82) is 0 Å². The van der Waals surface area contributed by atoms with E-state index in [9.17, 15) is 4.79 Å². The van der Waals surface area contributed by atoms with Gasteiger partial charge in [0.1, 0.15) is 11.5 Å². The Morgan fingerprint density at radius 2 is 1.46 bits per heavy atom. The second kappa shape index (κ2) is 8.21. The van der Waals surface area contributed by atoms with E-state index in [0.29, 0.717) is 22.9 Å². The third-order valence-corrected chi connectivity index (χ3v) is 3.88. The summed E-state index contributed by atoms with van der Waals surface area (Å²) in [4.78, 5) is 12.5. The van der Waals surface area contributed by atoms with Crippen molar-refractivity contribution in [2.24, 2.45) is 0 Å². The maximum atomic E-state index is 12.5.